The Morgan fingerprint density at radius 3 is 2.67 bits per heavy atom. The number of ether oxygens (including phenoxy) is 2. The lowest BCUT2D eigenvalue weighted by Gasteiger charge is -2.38. The van der Waals surface area contributed by atoms with Crippen LogP contribution >= 0.6 is 11.6 Å². The first-order chi connectivity index (χ1) is 20.4. The molecular formula is C31H31ClFN5O4. The van der Waals surface area contributed by atoms with E-state index in [9.17, 15) is 14.3 Å². The largest absolute Gasteiger partial charge is 0.490 e. The maximum absolute atomic E-state index is 14.6. The highest BCUT2D eigenvalue weighted by Crippen LogP contribution is 2.40. The molecule has 42 heavy (non-hydrogen) atoms. The molecule has 2 atom stereocenters. The molecule has 0 aliphatic carbocycles. The average Bonchev–Trinajstić information content (AvgIpc) is 3.30. The number of hydrogen-bond donors (Lipinski definition) is 1. The Labute approximate surface area is 247 Å². The Kier molecular flexibility index (Phi) is 7.21. The molecule has 7 rings (SSSR count). The number of imidazole rings is 1. The first-order valence-electron chi connectivity index (χ1n) is 14.3. The number of halogens is 2. The molecule has 3 aliphatic heterocycles. The summed E-state index contributed by atoms with van der Waals surface area (Å²) in [6.07, 6.45) is 1.77. The van der Waals surface area contributed by atoms with E-state index in [2.05, 4.69) is 26.9 Å². The smallest absolute Gasteiger partial charge is 0.354 e. The maximum Gasteiger partial charge on any atom is 0.354 e. The zero-order valence-electron chi connectivity index (χ0n) is 23.0. The summed E-state index contributed by atoms with van der Waals surface area (Å²) in [6.45, 7) is 5.71. The van der Waals surface area contributed by atoms with Crippen LogP contribution in [-0.2, 0) is 24.2 Å². The number of carboxylic acid groups (broad SMARTS) is 1. The van der Waals surface area contributed by atoms with Crippen LogP contribution in [-0.4, -0.2) is 76.0 Å². The molecule has 2 aromatic heterocycles. The van der Waals surface area contributed by atoms with Crippen LogP contribution in [0.15, 0.2) is 48.5 Å². The summed E-state index contributed by atoms with van der Waals surface area (Å²) in [5.41, 5.74) is 4.08. The number of piperazine rings is 1. The molecular weight excluding hydrogens is 561 g/mol. The third-order valence-electron chi connectivity index (χ3n) is 8.52. The van der Waals surface area contributed by atoms with Crippen molar-refractivity contribution in [3.8, 4) is 5.75 Å². The molecule has 4 aromatic rings. The van der Waals surface area contributed by atoms with Crippen LogP contribution in [0.2, 0.25) is 5.02 Å². The highest BCUT2D eigenvalue weighted by atomic mass is 35.5. The minimum Gasteiger partial charge on any atom is -0.490 e. The Morgan fingerprint density at radius 2 is 1.93 bits per heavy atom. The van der Waals surface area contributed by atoms with E-state index >= 15 is 0 Å². The molecule has 2 aromatic carbocycles. The van der Waals surface area contributed by atoms with Crippen molar-refractivity contribution in [2.24, 2.45) is 0 Å². The molecule has 0 bridgehead atoms. The summed E-state index contributed by atoms with van der Waals surface area (Å²) in [7, 11) is 0. The summed E-state index contributed by atoms with van der Waals surface area (Å²) in [6, 6.07) is 14.3. The van der Waals surface area contributed by atoms with Crippen molar-refractivity contribution in [2.45, 2.75) is 38.0 Å². The third kappa shape index (κ3) is 5.19. The lowest BCUT2D eigenvalue weighted by atomic mass is 9.89. The lowest BCUT2D eigenvalue weighted by Crippen LogP contribution is -2.46. The fourth-order valence-corrected chi connectivity index (χ4v) is 6.31. The molecule has 0 spiro atoms. The minimum absolute atomic E-state index is 0.0105. The van der Waals surface area contributed by atoms with E-state index in [4.69, 9.17) is 26.1 Å². The standard InChI is InChI=1S/C31H31ClFN5O4/c32-21-4-5-23(24(33)15-21)20-14-19-2-1-3-27(29(19)42-18-20)37-11-9-36(10-12-37)17-28-34-25-6-7-26(31(39)40)35-30(25)38(28)16-22-8-13-41-22/h1-7,15,20,22H,8-14,16-18H2,(H,39,40). The van der Waals surface area contributed by atoms with Crippen LogP contribution in [0.5, 0.6) is 5.75 Å². The predicted octanol–water partition coefficient (Wildman–Crippen LogP) is 4.75. The second kappa shape index (κ2) is 11.2. The van der Waals surface area contributed by atoms with Gasteiger partial charge in [-0.1, -0.05) is 29.8 Å². The zero-order chi connectivity index (χ0) is 28.8. The summed E-state index contributed by atoms with van der Waals surface area (Å²) in [5, 5.41) is 9.85. The summed E-state index contributed by atoms with van der Waals surface area (Å²) in [4.78, 5) is 25.5. The molecule has 2 saturated heterocycles. The number of hydrogen-bond acceptors (Lipinski definition) is 7. The Hall–Kier alpha value is -3.73. The van der Waals surface area contributed by atoms with Crippen LogP contribution in [0.4, 0.5) is 10.1 Å². The zero-order valence-corrected chi connectivity index (χ0v) is 23.8. The van der Waals surface area contributed by atoms with Gasteiger partial charge in [-0.15, -0.1) is 0 Å². The van der Waals surface area contributed by atoms with Crippen molar-refractivity contribution >= 4 is 34.4 Å². The Morgan fingerprint density at radius 1 is 1.10 bits per heavy atom. The summed E-state index contributed by atoms with van der Waals surface area (Å²) >= 11 is 5.96. The number of carbonyl (C=O) groups is 1. The molecule has 218 valence electrons. The second-order valence-electron chi connectivity index (χ2n) is 11.2. The number of rotatable bonds is 7. The number of fused-ring (bicyclic) bond motifs is 2. The lowest BCUT2D eigenvalue weighted by molar-refractivity contribution is -0.0592. The summed E-state index contributed by atoms with van der Waals surface area (Å²) < 4.78 is 28.6. The molecule has 11 heteroatoms. The number of aromatic carboxylic acids is 1. The van der Waals surface area contributed by atoms with E-state index in [0.29, 0.717) is 47.9 Å². The van der Waals surface area contributed by atoms with E-state index < -0.39 is 5.97 Å². The van der Waals surface area contributed by atoms with E-state index in [-0.39, 0.29) is 23.5 Å². The monoisotopic (exact) mass is 591 g/mol. The van der Waals surface area contributed by atoms with Gasteiger partial charge in [-0.05, 0) is 54.3 Å². The first-order valence-corrected chi connectivity index (χ1v) is 14.7. The van der Waals surface area contributed by atoms with Crippen LogP contribution in [0.3, 0.4) is 0 Å². The average molecular weight is 592 g/mol. The number of anilines is 1. The Bertz CT molecular complexity index is 1650. The van der Waals surface area contributed by atoms with Crippen molar-refractivity contribution in [1.82, 2.24) is 19.4 Å². The quantitative estimate of drug-likeness (QED) is 0.329. The number of nitrogens with zero attached hydrogens (tertiary/aromatic N) is 5. The van der Waals surface area contributed by atoms with Crippen molar-refractivity contribution < 1.29 is 23.8 Å². The third-order valence-corrected chi connectivity index (χ3v) is 8.76. The van der Waals surface area contributed by atoms with Crippen molar-refractivity contribution in [3.63, 3.8) is 0 Å². The van der Waals surface area contributed by atoms with E-state index in [1.807, 2.05) is 10.6 Å². The number of aromatic nitrogens is 3. The van der Waals surface area contributed by atoms with Crippen molar-refractivity contribution in [2.75, 3.05) is 44.3 Å². The van der Waals surface area contributed by atoms with Gasteiger partial charge in [-0.2, -0.15) is 0 Å². The van der Waals surface area contributed by atoms with Gasteiger partial charge in [-0.25, -0.2) is 19.2 Å². The summed E-state index contributed by atoms with van der Waals surface area (Å²) in [5.74, 6) is 0.345. The predicted molar refractivity (Wildman–Crippen MR) is 156 cm³/mol. The van der Waals surface area contributed by atoms with Crippen molar-refractivity contribution in [1.29, 1.82) is 0 Å². The molecule has 5 heterocycles. The molecule has 2 unspecified atom stereocenters. The molecule has 0 saturated carbocycles. The number of benzene rings is 2. The van der Waals surface area contributed by atoms with Gasteiger partial charge in [0.05, 0.1) is 31.5 Å². The number of pyridine rings is 1. The van der Waals surface area contributed by atoms with Gasteiger partial charge in [0.2, 0.25) is 0 Å². The van der Waals surface area contributed by atoms with Crippen LogP contribution in [0, 0.1) is 5.82 Å². The number of para-hydroxylation sites is 1. The second-order valence-corrected chi connectivity index (χ2v) is 11.6. The Balaban J connectivity index is 1.05. The normalized spacial score (nSPS) is 20.7. The fraction of sp³-hybridized carbons (Fsp3) is 0.387. The first kappa shape index (κ1) is 27.1. The fourth-order valence-electron chi connectivity index (χ4n) is 6.15. The minimum atomic E-state index is -1.05. The van der Waals surface area contributed by atoms with Gasteiger partial charge in [0, 0.05) is 43.7 Å². The van der Waals surface area contributed by atoms with Gasteiger partial charge >= 0.3 is 5.97 Å². The molecule has 3 aliphatic rings. The van der Waals surface area contributed by atoms with Gasteiger partial charge < -0.3 is 24.0 Å². The molecule has 0 radical (unpaired) electrons. The van der Waals surface area contributed by atoms with Crippen molar-refractivity contribution in [3.05, 3.63) is 82.0 Å². The van der Waals surface area contributed by atoms with Crippen LogP contribution in [0.1, 0.15) is 39.8 Å². The highest BCUT2D eigenvalue weighted by Gasteiger charge is 2.29. The SMILES string of the molecule is O=C(O)c1ccc2nc(CN3CCN(c4cccc5c4OCC(c4ccc(Cl)cc4F)C5)CC3)n(CC3CCO3)c2n1. The van der Waals surface area contributed by atoms with E-state index in [1.54, 1.807) is 18.2 Å². The highest BCUT2D eigenvalue weighted by molar-refractivity contribution is 6.30. The number of carboxylic acids is 1. The molecule has 2 fully saturated rings. The molecule has 9 nitrogen and oxygen atoms in total. The molecule has 0 amide bonds. The van der Waals surface area contributed by atoms with Crippen LogP contribution in [0.25, 0.3) is 11.2 Å². The van der Waals surface area contributed by atoms with Gasteiger partial charge in [-0.3, -0.25) is 4.90 Å². The van der Waals surface area contributed by atoms with Gasteiger partial charge in [0.25, 0.3) is 0 Å². The topological polar surface area (TPSA) is 93.0 Å². The van der Waals surface area contributed by atoms with Crippen LogP contribution < -0.4 is 9.64 Å². The van der Waals surface area contributed by atoms with E-state index in [1.165, 1.54) is 12.1 Å². The maximum atomic E-state index is 14.6. The van der Waals surface area contributed by atoms with Gasteiger partial charge in [0.1, 0.15) is 22.9 Å². The van der Waals surface area contributed by atoms with E-state index in [0.717, 1.165) is 62.0 Å². The molecule has 1 N–H and O–H groups in total. The van der Waals surface area contributed by atoms with Gasteiger partial charge in [0.15, 0.2) is 11.3 Å².